The minimum Gasteiger partial charge on any atom is -0.409 e. The average Bonchev–Trinajstić information content (AvgIpc) is 2.46. The van der Waals surface area contributed by atoms with Gasteiger partial charge in [0.05, 0.1) is 11.5 Å². The van der Waals surface area contributed by atoms with Gasteiger partial charge < -0.3 is 21.0 Å². The number of amidine groups is 1. The summed E-state index contributed by atoms with van der Waals surface area (Å²) in [5, 5.41) is 14.7. The van der Waals surface area contributed by atoms with Crippen molar-refractivity contribution in [2.75, 3.05) is 24.7 Å². The summed E-state index contributed by atoms with van der Waals surface area (Å²) in [6.45, 7) is 0.680. The summed E-state index contributed by atoms with van der Waals surface area (Å²) < 4.78 is 28.5. The molecule has 0 spiro atoms. The van der Waals surface area contributed by atoms with Gasteiger partial charge >= 0.3 is 0 Å². The Balaban J connectivity index is 2.12. The minimum atomic E-state index is -3.10. The zero-order valence-corrected chi connectivity index (χ0v) is 12.6. The molecule has 0 aliphatic carbocycles. The molecule has 0 radical (unpaired) electrons. The highest BCUT2D eigenvalue weighted by Crippen LogP contribution is 2.31. The third kappa shape index (κ3) is 3.46. The van der Waals surface area contributed by atoms with Crippen LogP contribution in [0.3, 0.4) is 0 Å². The summed E-state index contributed by atoms with van der Waals surface area (Å²) in [6, 6.07) is -0.414. The molecule has 2 aliphatic rings. The van der Waals surface area contributed by atoms with E-state index in [0.717, 1.165) is 0 Å². The Bertz CT molecular complexity index is 525. The quantitative estimate of drug-likeness (QED) is 0.271. The lowest BCUT2D eigenvalue weighted by molar-refractivity contribution is -0.132. The second kappa shape index (κ2) is 6.18. The largest absolute Gasteiger partial charge is 0.409 e. The maximum Gasteiger partial charge on any atom is 0.234 e. The zero-order valence-electron chi connectivity index (χ0n) is 11.7. The van der Waals surface area contributed by atoms with E-state index in [4.69, 9.17) is 15.7 Å². The standard InChI is InChI=1S/C12H21N3O5S/c13-10(15-17)12(3-5-20-6-4-12)11(16)14-9-2-1-7-21(18,19)8-9/h9,17H,1-8H2,(H2,13,15)(H,14,16). The Hall–Kier alpha value is -1.35. The first-order valence-electron chi connectivity index (χ1n) is 6.97. The Morgan fingerprint density at radius 2 is 2.05 bits per heavy atom. The molecular weight excluding hydrogens is 298 g/mol. The van der Waals surface area contributed by atoms with Crippen molar-refractivity contribution >= 4 is 21.6 Å². The molecule has 0 aromatic carbocycles. The van der Waals surface area contributed by atoms with Gasteiger partial charge in [0.25, 0.3) is 0 Å². The summed E-state index contributed by atoms with van der Waals surface area (Å²) in [4.78, 5) is 12.6. The van der Waals surface area contributed by atoms with E-state index < -0.39 is 21.3 Å². The summed E-state index contributed by atoms with van der Waals surface area (Å²) in [5.41, 5.74) is 4.59. The van der Waals surface area contributed by atoms with Crippen LogP contribution >= 0.6 is 0 Å². The van der Waals surface area contributed by atoms with Crippen molar-refractivity contribution in [2.24, 2.45) is 16.3 Å². The molecule has 0 saturated carbocycles. The fourth-order valence-electron chi connectivity index (χ4n) is 2.88. The lowest BCUT2D eigenvalue weighted by Crippen LogP contribution is -2.56. The van der Waals surface area contributed by atoms with E-state index in [1.807, 2.05) is 0 Å². The van der Waals surface area contributed by atoms with Crippen molar-refractivity contribution in [1.29, 1.82) is 0 Å². The molecule has 4 N–H and O–H groups in total. The van der Waals surface area contributed by atoms with Gasteiger partial charge in [-0.3, -0.25) is 4.79 Å². The summed E-state index contributed by atoms with van der Waals surface area (Å²) in [6.07, 6.45) is 1.78. The first-order valence-corrected chi connectivity index (χ1v) is 8.79. The van der Waals surface area contributed by atoms with Crippen LogP contribution in [0.15, 0.2) is 5.16 Å². The van der Waals surface area contributed by atoms with Crippen LogP contribution in [0, 0.1) is 5.41 Å². The van der Waals surface area contributed by atoms with E-state index in [0.29, 0.717) is 38.9 Å². The smallest absolute Gasteiger partial charge is 0.234 e. The normalized spacial score (nSPS) is 28.8. The Labute approximate surface area is 123 Å². The summed E-state index contributed by atoms with van der Waals surface area (Å²) in [7, 11) is -3.10. The van der Waals surface area contributed by atoms with E-state index in [9.17, 15) is 13.2 Å². The molecule has 2 saturated heterocycles. The van der Waals surface area contributed by atoms with Crippen molar-refractivity contribution < 1.29 is 23.2 Å². The molecule has 2 rings (SSSR count). The number of hydrogen-bond acceptors (Lipinski definition) is 6. The summed E-state index contributed by atoms with van der Waals surface area (Å²) in [5.74, 6) is -0.426. The van der Waals surface area contributed by atoms with Gasteiger partial charge in [-0.25, -0.2) is 8.42 Å². The number of ether oxygens (including phenoxy) is 1. The molecule has 21 heavy (non-hydrogen) atoms. The Morgan fingerprint density at radius 3 is 2.62 bits per heavy atom. The molecule has 9 heteroatoms. The van der Waals surface area contributed by atoms with Crippen molar-refractivity contribution in [1.82, 2.24) is 5.32 Å². The van der Waals surface area contributed by atoms with Crippen LogP contribution in [-0.4, -0.2) is 56.1 Å². The van der Waals surface area contributed by atoms with Gasteiger partial charge in [0.1, 0.15) is 5.41 Å². The highest BCUT2D eigenvalue weighted by Gasteiger charge is 2.45. The molecule has 1 unspecified atom stereocenters. The van der Waals surface area contributed by atoms with Crippen LogP contribution in [-0.2, 0) is 19.4 Å². The third-order valence-corrected chi connectivity index (χ3v) is 6.00. The van der Waals surface area contributed by atoms with Gasteiger partial charge in [0.15, 0.2) is 15.7 Å². The van der Waals surface area contributed by atoms with E-state index in [2.05, 4.69) is 10.5 Å². The van der Waals surface area contributed by atoms with Gasteiger partial charge in [-0.15, -0.1) is 0 Å². The second-order valence-corrected chi connectivity index (χ2v) is 7.84. The third-order valence-electron chi connectivity index (χ3n) is 4.18. The van der Waals surface area contributed by atoms with Gasteiger partial charge in [-0.2, -0.15) is 0 Å². The fourth-order valence-corrected chi connectivity index (χ4v) is 4.51. The summed E-state index contributed by atoms with van der Waals surface area (Å²) >= 11 is 0. The first kappa shape index (κ1) is 16.0. The lowest BCUT2D eigenvalue weighted by Gasteiger charge is -2.36. The van der Waals surface area contributed by atoms with Crippen LogP contribution in [0.4, 0.5) is 0 Å². The number of hydrogen-bond donors (Lipinski definition) is 3. The van der Waals surface area contributed by atoms with Crippen LogP contribution in [0.2, 0.25) is 0 Å². The second-order valence-electron chi connectivity index (χ2n) is 5.61. The molecule has 8 nitrogen and oxygen atoms in total. The Morgan fingerprint density at radius 1 is 1.38 bits per heavy atom. The molecule has 0 aromatic rings. The number of nitrogens with zero attached hydrogens (tertiary/aromatic N) is 1. The molecule has 1 amide bonds. The molecule has 120 valence electrons. The number of carbonyl (C=O) groups excluding carboxylic acids is 1. The molecule has 0 bridgehead atoms. The van der Waals surface area contributed by atoms with Crippen LogP contribution < -0.4 is 11.1 Å². The monoisotopic (exact) mass is 319 g/mol. The van der Waals surface area contributed by atoms with E-state index >= 15 is 0 Å². The predicted octanol–water partition coefficient (Wildman–Crippen LogP) is -0.777. The van der Waals surface area contributed by atoms with Gasteiger partial charge in [0, 0.05) is 19.3 Å². The lowest BCUT2D eigenvalue weighted by atomic mass is 9.78. The topological polar surface area (TPSA) is 131 Å². The molecule has 2 heterocycles. The van der Waals surface area contributed by atoms with E-state index in [-0.39, 0.29) is 23.2 Å². The highest BCUT2D eigenvalue weighted by molar-refractivity contribution is 7.91. The maximum atomic E-state index is 12.6. The number of nitrogens with one attached hydrogen (secondary N) is 1. The van der Waals surface area contributed by atoms with Crippen molar-refractivity contribution in [3.8, 4) is 0 Å². The van der Waals surface area contributed by atoms with Crippen molar-refractivity contribution in [3.63, 3.8) is 0 Å². The minimum absolute atomic E-state index is 0.0541. The highest BCUT2D eigenvalue weighted by atomic mass is 32.2. The van der Waals surface area contributed by atoms with E-state index in [1.165, 1.54) is 0 Å². The molecule has 0 aromatic heterocycles. The van der Waals surface area contributed by atoms with Crippen LogP contribution in [0.5, 0.6) is 0 Å². The SMILES string of the molecule is NC(=NO)C1(C(=O)NC2CCCS(=O)(=O)C2)CCOCC1. The number of sulfone groups is 1. The number of rotatable bonds is 3. The molecular formula is C12H21N3O5S. The van der Waals surface area contributed by atoms with Crippen LogP contribution in [0.1, 0.15) is 25.7 Å². The number of carbonyl (C=O) groups is 1. The Kier molecular flexibility index (Phi) is 4.72. The maximum absolute atomic E-state index is 12.6. The number of amides is 1. The zero-order chi connectivity index (χ0) is 15.5. The van der Waals surface area contributed by atoms with Gasteiger partial charge in [-0.1, -0.05) is 5.16 Å². The predicted molar refractivity (Wildman–Crippen MR) is 75.7 cm³/mol. The van der Waals surface area contributed by atoms with Crippen molar-refractivity contribution in [2.45, 2.75) is 31.7 Å². The van der Waals surface area contributed by atoms with E-state index in [1.54, 1.807) is 0 Å². The number of oxime groups is 1. The molecule has 2 fully saturated rings. The molecule has 1 atom stereocenters. The first-order chi connectivity index (χ1) is 9.89. The average molecular weight is 319 g/mol. The van der Waals surface area contributed by atoms with Crippen molar-refractivity contribution in [3.05, 3.63) is 0 Å². The van der Waals surface area contributed by atoms with Gasteiger partial charge in [0.2, 0.25) is 5.91 Å². The van der Waals surface area contributed by atoms with Crippen LogP contribution in [0.25, 0.3) is 0 Å². The fraction of sp³-hybridized carbons (Fsp3) is 0.833. The molecule has 2 aliphatic heterocycles. The number of nitrogens with two attached hydrogens (primary N) is 1. The van der Waals surface area contributed by atoms with Gasteiger partial charge in [-0.05, 0) is 25.7 Å².